The molecular formula is C20H27N7O2. The van der Waals surface area contributed by atoms with Gasteiger partial charge in [-0.1, -0.05) is 12.1 Å². The lowest BCUT2D eigenvalue weighted by atomic mass is 10.0. The average molecular weight is 397 g/mol. The van der Waals surface area contributed by atoms with Gasteiger partial charge in [0.15, 0.2) is 0 Å². The maximum Gasteiger partial charge on any atom is 0.410 e. The second kappa shape index (κ2) is 7.94. The topological polar surface area (TPSA) is 143 Å². The lowest BCUT2D eigenvalue weighted by Gasteiger charge is -2.24. The van der Waals surface area contributed by atoms with E-state index in [1.54, 1.807) is 29.2 Å². The van der Waals surface area contributed by atoms with Gasteiger partial charge in [0.1, 0.15) is 23.6 Å². The van der Waals surface area contributed by atoms with Crippen LogP contribution in [0.5, 0.6) is 0 Å². The molecule has 9 heteroatoms. The van der Waals surface area contributed by atoms with Crippen LogP contribution in [0.3, 0.4) is 0 Å². The lowest BCUT2D eigenvalue weighted by molar-refractivity contribution is 0.0293. The first-order valence-corrected chi connectivity index (χ1v) is 9.44. The Morgan fingerprint density at radius 2 is 1.93 bits per heavy atom. The Kier molecular flexibility index (Phi) is 5.58. The van der Waals surface area contributed by atoms with E-state index in [9.17, 15) is 4.79 Å². The molecule has 9 nitrogen and oxygen atoms in total. The number of amides is 1. The highest BCUT2D eigenvalue weighted by Crippen LogP contribution is 2.25. The van der Waals surface area contributed by atoms with E-state index in [0.29, 0.717) is 35.7 Å². The van der Waals surface area contributed by atoms with Gasteiger partial charge < -0.3 is 26.4 Å². The van der Waals surface area contributed by atoms with Crippen molar-refractivity contribution in [3.63, 3.8) is 0 Å². The highest BCUT2D eigenvalue weighted by atomic mass is 16.6. The summed E-state index contributed by atoms with van der Waals surface area (Å²) in [5.41, 5.74) is 13.2. The number of nitrogens with two attached hydrogens (primary N) is 2. The molecule has 2 heterocycles. The fourth-order valence-corrected chi connectivity index (χ4v) is 3.11. The number of nitrogens with zero attached hydrogens (tertiary/aromatic N) is 3. The molecule has 0 bridgehead atoms. The van der Waals surface area contributed by atoms with Crippen molar-refractivity contribution in [3.05, 3.63) is 41.7 Å². The summed E-state index contributed by atoms with van der Waals surface area (Å²) in [5, 5.41) is 11.9. The summed E-state index contributed by atoms with van der Waals surface area (Å²) in [6, 6.07) is 6.94. The fourth-order valence-electron chi connectivity index (χ4n) is 3.11. The predicted molar refractivity (Wildman–Crippen MR) is 113 cm³/mol. The van der Waals surface area contributed by atoms with Crippen molar-refractivity contribution in [1.29, 1.82) is 5.41 Å². The number of anilines is 3. The van der Waals surface area contributed by atoms with E-state index in [1.807, 2.05) is 20.8 Å². The summed E-state index contributed by atoms with van der Waals surface area (Å²) in [6.45, 7) is 6.59. The van der Waals surface area contributed by atoms with Gasteiger partial charge in [0.05, 0.1) is 11.3 Å². The summed E-state index contributed by atoms with van der Waals surface area (Å²) < 4.78 is 5.44. The van der Waals surface area contributed by atoms with Crippen LogP contribution in [-0.2, 0) is 4.74 Å². The molecule has 1 aromatic carbocycles. The standard InChI is InChI=1S/C20H27N7O2/c1-20(2,3)29-19(28)27-9-8-14(10-27)26-18-15(17(23)24-11-25-18)16(22)12-4-6-13(21)7-5-12/h4-7,11,14,22H,8-10,21H2,1-3H3,(H3,23,24,25,26)/t14-/m1/s1. The van der Waals surface area contributed by atoms with Gasteiger partial charge in [-0.15, -0.1) is 0 Å². The van der Waals surface area contributed by atoms with Crippen LogP contribution in [-0.4, -0.2) is 51.4 Å². The number of hydrogen-bond donors (Lipinski definition) is 4. The molecule has 6 N–H and O–H groups in total. The molecule has 154 valence electrons. The predicted octanol–water partition coefficient (Wildman–Crippen LogP) is 2.48. The number of nitrogen functional groups attached to an aromatic ring is 2. The van der Waals surface area contributed by atoms with E-state index in [1.165, 1.54) is 6.33 Å². The first-order valence-electron chi connectivity index (χ1n) is 9.44. The first-order chi connectivity index (χ1) is 13.6. The molecule has 0 unspecified atom stereocenters. The van der Waals surface area contributed by atoms with Gasteiger partial charge in [-0.3, -0.25) is 5.41 Å². The zero-order valence-electron chi connectivity index (χ0n) is 16.9. The van der Waals surface area contributed by atoms with Gasteiger partial charge in [0.2, 0.25) is 0 Å². The third kappa shape index (κ3) is 4.92. The zero-order valence-corrected chi connectivity index (χ0v) is 16.9. The van der Waals surface area contributed by atoms with E-state index < -0.39 is 5.60 Å². The van der Waals surface area contributed by atoms with Gasteiger partial charge in [0, 0.05) is 30.4 Å². The SMILES string of the molecule is CC(C)(C)OC(=O)N1CC[C@@H](Nc2ncnc(N)c2C(=N)c2ccc(N)cc2)C1. The normalized spacial score (nSPS) is 16.5. The Bertz CT molecular complexity index is 906. The van der Waals surface area contributed by atoms with Gasteiger partial charge >= 0.3 is 6.09 Å². The van der Waals surface area contributed by atoms with Crippen LogP contribution in [0.1, 0.15) is 38.3 Å². The number of nitrogens with one attached hydrogen (secondary N) is 2. The molecule has 0 aliphatic carbocycles. The molecule has 1 aliphatic rings. The number of carbonyl (C=O) groups excluding carboxylic acids is 1. The minimum absolute atomic E-state index is 0.0326. The van der Waals surface area contributed by atoms with Crippen molar-refractivity contribution >= 4 is 29.1 Å². The second-order valence-corrected chi connectivity index (χ2v) is 8.04. The molecule has 1 amide bonds. The smallest absolute Gasteiger partial charge is 0.410 e. The van der Waals surface area contributed by atoms with Gasteiger partial charge in [-0.2, -0.15) is 0 Å². The summed E-state index contributed by atoms with van der Waals surface area (Å²) in [6.07, 6.45) is 1.76. The highest BCUT2D eigenvalue weighted by molar-refractivity contribution is 6.16. The molecule has 0 spiro atoms. The lowest BCUT2D eigenvalue weighted by Crippen LogP contribution is -2.36. The Labute approximate surface area is 170 Å². The van der Waals surface area contributed by atoms with Crippen LogP contribution in [0.2, 0.25) is 0 Å². The number of likely N-dealkylation sites (tertiary alicyclic amines) is 1. The minimum Gasteiger partial charge on any atom is -0.444 e. The van der Waals surface area contributed by atoms with Crippen LogP contribution >= 0.6 is 0 Å². The molecular weight excluding hydrogens is 370 g/mol. The number of rotatable bonds is 4. The molecule has 29 heavy (non-hydrogen) atoms. The third-order valence-corrected chi connectivity index (χ3v) is 4.51. The zero-order chi connectivity index (χ0) is 21.2. The average Bonchev–Trinajstić information content (AvgIpc) is 3.09. The molecule has 1 aliphatic heterocycles. The summed E-state index contributed by atoms with van der Waals surface area (Å²) in [7, 11) is 0. The molecule has 1 saturated heterocycles. The largest absolute Gasteiger partial charge is 0.444 e. The van der Waals surface area contributed by atoms with Gasteiger partial charge in [-0.25, -0.2) is 14.8 Å². The van der Waals surface area contributed by atoms with Crippen molar-refractivity contribution in [2.75, 3.05) is 29.9 Å². The maximum absolute atomic E-state index is 12.3. The molecule has 1 atom stereocenters. The van der Waals surface area contributed by atoms with E-state index in [0.717, 1.165) is 6.42 Å². The molecule has 0 saturated carbocycles. The van der Waals surface area contributed by atoms with Crippen LogP contribution < -0.4 is 16.8 Å². The number of hydrogen-bond acceptors (Lipinski definition) is 8. The van der Waals surface area contributed by atoms with Crippen LogP contribution in [0.15, 0.2) is 30.6 Å². The second-order valence-electron chi connectivity index (χ2n) is 8.04. The Morgan fingerprint density at radius 1 is 1.24 bits per heavy atom. The number of ether oxygens (including phenoxy) is 1. The third-order valence-electron chi connectivity index (χ3n) is 4.51. The molecule has 1 aromatic heterocycles. The van der Waals surface area contributed by atoms with E-state index in [2.05, 4.69) is 15.3 Å². The number of aromatic nitrogens is 2. The minimum atomic E-state index is -0.537. The van der Waals surface area contributed by atoms with Crippen molar-refractivity contribution in [3.8, 4) is 0 Å². The number of carbonyl (C=O) groups is 1. The van der Waals surface area contributed by atoms with E-state index >= 15 is 0 Å². The Balaban J connectivity index is 1.76. The van der Waals surface area contributed by atoms with Gasteiger partial charge in [0.25, 0.3) is 0 Å². The molecule has 1 fully saturated rings. The van der Waals surface area contributed by atoms with E-state index in [4.69, 9.17) is 21.6 Å². The quantitative estimate of drug-likeness (QED) is 0.458. The summed E-state index contributed by atoms with van der Waals surface area (Å²) in [4.78, 5) is 22.3. The molecule has 3 rings (SSSR count). The van der Waals surface area contributed by atoms with Crippen molar-refractivity contribution in [1.82, 2.24) is 14.9 Å². The van der Waals surface area contributed by atoms with Crippen LogP contribution in [0.4, 0.5) is 22.1 Å². The van der Waals surface area contributed by atoms with Crippen molar-refractivity contribution in [2.24, 2.45) is 0 Å². The molecule has 2 aromatic rings. The Hall–Kier alpha value is -3.36. The van der Waals surface area contributed by atoms with E-state index in [-0.39, 0.29) is 23.7 Å². The van der Waals surface area contributed by atoms with Gasteiger partial charge in [-0.05, 0) is 39.3 Å². The fraction of sp³-hybridized carbons (Fsp3) is 0.400. The summed E-state index contributed by atoms with van der Waals surface area (Å²) >= 11 is 0. The van der Waals surface area contributed by atoms with Crippen LogP contribution in [0.25, 0.3) is 0 Å². The van der Waals surface area contributed by atoms with Crippen LogP contribution in [0, 0.1) is 5.41 Å². The summed E-state index contributed by atoms with van der Waals surface area (Å²) in [5.74, 6) is 0.682. The maximum atomic E-state index is 12.3. The highest BCUT2D eigenvalue weighted by Gasteiger charge is 2.30. The first kappa shape index (κ1) is 20.4. The number of benzene rings is 1. The van der Waals surface area contributed by atoms with Crippen molar-refractivity contribution in [2.45, 2.75) is 38.8 Å². The van der Waals surface area contributed by atoms with Crippen molar-refractivity contribution < 1.29 is 9.53 Å². The molecule has 0 radical (unpaired) electrons. The Morgan fingerprint density at radius 3 is 2.59 bits per heavy atom. The monoisotopic (exact) mass is 397 g/mol.